The summed E-state index contributed by atoms with van der Waals surface area (Å²) in [7, 11) is -4.35. The third kappa shape index (κ3) is 4.42. The standard InChI is InChI=1S/C32H19N9O3S.Co/c33-45(42,43)44-23-15-7-14-22-24(23)32-40-30-21-13-6-5-12-20(21)28(38-30)36-26-17-9-2-1-8-16(17)25(34-26)35-27-18-10-3-4-11-19(18)29(37-27)39-31(22)41-32;/h1-15H,(H2,33,42,43)(H2,34,35,36,37,38,39,40,41);. The number of nitrogens with two attached hydrogens (primary N) is 1. The molecule has 0 fully saturated rings. The summed E-state index contributed by atoms with van der Waals surface area (Å²) in [6.07, 6.45) is 0. The molecule has 14 heteroatoms. The number of rotatable bonds is 2. The fourth-order valence-corrected chi connectivity index (χ4v) is 6.24. The van der Waals surface area contributed by atoms with Crippen LogP contribution in [-0.4, -0.2) is 48.3 Å². The van der Waals surface area contributed by atoms with E-state index in [4.69, 9.17) is 39.2 Å². The van der Waals surface area contributed by atoms with Gasteiger partial charge in [-0.15, -0.1) is 0 Å². The minimum atomic E-state index is -4.35. The minimum Gasteiger partial charge on any atom is -0.370 e. The fraction of sp³-hybridized carbons (Fsp3) is 0. The van der Waals surface area contributed by atoms with Gasteiger partial charge in [0.25, 0.3) is 0 Å². The second-order valence-corrected chi connectivity index (χ2v) is 11.7. The molecule has 1 radical (unpaired) electrons. The van der Waals surface area contributed by atoms with Crippen molar-refractivity contribution in [1.29, 1.82) is 0 Å². The predicted molar refractivity (Wildman–Crippen MR) is 170 cm³/mol. The Bertz CT molecular complexity index is 2680. The second kappa shape index (κ2) is 10.2. The van der Waals surface area contributed by atoms with E-state index in [0.29, 0.717) is 51.0 Å². The summed E-state index contributed by atoms with van der Waals surface area (Å²) in [5.41, 5.74) is 4.98. The molecule has 0 unspecified atom stereocenters. The van der Waals surface area contributed by atoms with E-state index < -0.39 is 10.3 Å². The molecule has 8 bridgehead atoms. The number of H-pyrrole nitrogens is 2. The molecule has 0 amide bonds. The zero-order valence-corrected chi connectivity index (χ0v) is 25.2. The second-order valence-electron chi connectivity index (χ2n) is 10.5. The number of nitrogens with one attached hydrogen (secondary N) is 2. The van der Waals surface area contributed by atoms with Gasteiger partial charge in [0.2, 0.25) is 0 Å². The van der Waals surface area contributed by atoms with Crippen LogP contribution in [0.15, 0.2) is 91.0 Å². The Balaban J connectivity index is 0.00000312. The van der Waals surface area contributed by atoms with Crippen molar-refractivity contribution in [2.75, 3.05) is 0 Å². The maximum atomic E-state index is 12.0. The average Bonchev–Trinajstić information content (AvgIpc) is 3.76. The van der Waals surface area contributed by atoms with Crippen LogP contribution < -0.4 is 9.32 Å². The Morgan fingerprint density at radius 3 is 1.37 bits per heavy atom. The first-order valence-electron chi connectivity index (χ1n) is 13.8. The molecule has 0 saturated carbocycles. The molecule has 4 N–H and O–H groups in total. The number of aromatic nitrogens is 8. The van der Waals surface area contributed by atoms with Gasteiger partial charge in [0, 0.05) is 55.2 Å². The van der Waals surface area contributed by atoms with E-state index in [1.807, 2.05) is 72.8 Å². The molecule has 225 valence electrons. The third-order valence-corrected chi connectivity index (χ3v) is 8.16. The number of fused-ring (bicyclic) bond motifs is 20. The van der Waals surface area contributed by atoms with Crippen molar-refractivity contribution in [3.8, 4) is 51.3 Å². The van der Waals surface area contributed by atoms with E-state index >= 15 is 0 Å². The summed E-state index contributed by atoms with van der Waals surface area (Å²) in [6.45, 7) is 0. The predicted octanol–water partition coefficient (Wildman–Crippen LogP) is 5.45. The van der Waals surface area contributed by atoms with Crippen molar-refractivity contribution in [2.24, 2.45) is 5.14 Å². The van der Waals surface area contributed by atoms with Crippen LogP contribution in [0.3, 0.4) is 0 Å². The van der Waals surface area contributed by atoms with E-state index in [-0.39, 0.29) is 28.2 Å². The number of aromatic amines is 2. The van der Waals surface area contributed by atoms with Crippen LogP contribution in [0.2, 0.25) is 0 Å². The van der Waals surface area contributed by atoms with Crippen molar-refractivity contribution in [3.63, 3.8) is 0 Å². The van der Waals surface area contributed by atoms with E-state index in [9.17, 15) is 8.42 Å². The zero-order valence-electron chi connectivity index (χ0n) is 23.4. The third-order valence-electron chi connectivity index (χ3n) is 7.75. The number of hydrogen-bond donors (Lipinski definition) is 3. The van der Waals surface area contributed by atoms with Gasteiger partial charge < -0.3 is 14.2 Å². The Hall–Kier alpha value is -5.54. The molecule has 2 aliphatic rings. The molecule has 46 heavy (non-hydrogen) atoms. The smallest absolute Gasteiger partial charge is 0.370 e. The average molecular weight is 669 g/mol. The molecule has 3 aromatic heterocycles. The number of hydrogen-bond acceptors (Lipinski definition) is 9. The monoisotopic (exact) mass is 668 g/mol. The SMILES string of the molecule is NS(=O)(=O)Oc1cccc2c3nc4nc(nc5[nH]c(nc6nc(nc([nH]3)c12)-c1ccccc1-6)c1ccccc51)-c1ccccc1-4.[Co]. The molecule has 2 aliphatic heterocycles. The Morgan fingerprint density at radius 2 is 0.891 bits per heavy atom. The van der Waals surface area contributed by atoms with Gasteiger partial charge >= 0.3 is 10.3 Å². The van der Waals surface area contributed by atoms with Crippen molar-refractivity contribution >= 4 is 54.4 Å². The van der Waals surface area contributed by atoms with Crippen molar-refractivity contribution < 1.29 is 29.4 Å². The topological polar surface area (TPSA) is 178 Å². The first-order valence-corrected chi connectivity index (χ1v) is 15.3. The van der Waals surface area contributed by atoms with Gasteiger partial charge in [0.1, 0.15) is 22.6 Å². The van der Waals surface area contributed by atoms with E-state index in [1.54, 1.807) is 12.1 Å². The summed E-state index contributed by atoms with van der Waals surface area (Å²) < 4.78 is 29.3. The molecule has 9 rings (SSSR count). The van der Waals surface area contributed by atoms with Crippen LogP contribution in [0.25, 0.3) is 89.7 Å². The Morgan fingerprint density at radius 1 is 0.500 bits per heavy atom. The largest absolute Gasteiger partial charge is 0.380 e. The van der Waals surface area contributed by atoms with Crippen LogP contribution in [0.5, 0.6) is 5.75 Å². The fourth-order valence-electron chi connectivity index (χ4n) is 5.85. The van der Waals surface area contributed by atoms with Gasteiger partial charge in [-0.25, -0.2) is 29.9 Å². The molecule has 5 heterocycles. The van der Waals surface area contributed by atoms with Gasteiger partial charge in [0.15, 0.2) is 29.0 Å². The van der Waals surface area contributed by atoms with Crippen molar-refractivity contribution in [2.45, 2.75) is 0 Å². The molecule has 7 aromatic rings. The molecule has 0 spiro atoms. The van der Waals surface area contributed by atoms with Crippen LogP contribution >= 0.6 is 0 Å². The molecular weight excluding hydrogens is 649 g/mol. The van der Waals surface area contributed by atoms with Gasteiger partial charge in [-0.3, -0.25) is 0 Å². The number of benzene rings is 4. The molecule has 12 nitrogen and oxygen atoms in total. The molecule has 4 aromatic carbocycles. The molecule has 0 aliphatic carbocycles. The minimum absolute atomic E-state index is 0. The summed E-state index contributed by atoms with van der Waals surface area (Å²) >= 11 is 0. The normalized spacial score (nSPS) is 12.0. The van der Waals surface area contributed by atoms with Gasteiger partial charge in [0.05, 0.1) is 5.39 Å². The number of nitrogens with zero attached hydrogens (tertiary/aromatic N) is 6. The van der Waals surface area contributed by atoms with Crippen LogP contribution in [0.1, 0.15) is 0 Å². The van der Waals surface area contributed by atoms with Crippen molar-refractivity contribution in [1.82, 2.24) is 39.9 Å². The summed E-state index contributed by atoms with van der Waals surface area (Å²) in [5.74, 6) is 1.72. The Kier molecular flexibility index (Phi) is 6.23. The Labute approximate surface area is 270 Å². The van der Waals surface area contributed by atoms with Crippen LogP contribution in [0, 0.1) is 0 Å². The van der Waals surface area contributed by atoms with E-state index in [0.717, 1.165) is 33.0 Å². The maximum Gasteiger partial charge on any atom is 0.380 e. The van der Waals surface area contributed by atoms with Gasteiger partial charge in [-0.1, -0.05) is 84.9 Å². The summed E-state index contributed by atoms with van der Waals surface area (Å²) in [4.78, 5) is 36.1. The maximum absolute atomic E-state index is 12.0. The van der Waals surface area contributed by atoms with Gasteiger partial charge in [-0.05, 0) is 6.07 Å². The molecule has 0 saturated heterocycles. The van der Waals surface area contributed by atoms with E-state index in [2.05, 4.69) is 9.97 Å². The molecule has 0 atom stereocenters. The van der Waals surface area contributed by atoms with Crippen molar-refractivity contribution in [3.05, 3.63) is 91.0 Å². The van der Waals surface area contributed by atoms with Crippen LogP contribution in [-0.2, 0) is 27.1 Å². The molecular formula is C32H19CoN9O3S. The van der Waals surface area contributed by atoms with Crippen LogP contribution in [0.4, 0.5) is 0 Å². The first kappa shape index (κ1) is 28.0. The zero-order chi connectivity index (χ0) is 30.3. The quantitative estimate of drug-likeness (QED) is 0.216. The van der Waals surface area contributed by atoms with Gasteiger partial charge in [-0.2, -0.15) is 13.6 Å². The van der Waals surface area contributed by atoms with E-state index in [1.165, 1.54) is 6.07 Å². The summed E-state index contributed by atoms with van der Waals surface area (Å²) in [5, 5.41) is 7.95. The summed E-state index contributed by atoms with van der Waals surface area (Å²) in [6, 6.07) is 28.1. The first-order chi connectivity index (χ1) is 21.9.